The highest BCUT2D eigenvalue weighted by molar-refractivity contribution is 7.99. The fourth-order valence-corrected chi connectivity index (χ4v) is 6.63. The Balaban J connectivity index is 1.21. The topological polar surface area (TPSA) is 92.5 Å². The zero-order chi connectivity index (χ0) is 30.5. The molecule has 10 heteroatoms. The smallest absolute Gasteiger partial charge is 0.253 e. The van der Waals surface area contributed by atoms with Gasteiger partial charge in [0.2, 0.25) is 0 Å². The standard InChI is InChI=1S/C34H32N6O2S2/c1-23-13-15-26(16-14-23)29-19-28(30-12-7-17-43-30)38-40(29)32(41)22-44-34-37-36-31(39(34)21-25-9-4-3-5-10-25)20-35-33(42)27-11-6-8-24(2)18-27/h3-18,29H,19-22H2,1-2H3,(H,35,42)/t29-/m1/s1. The molecule has 3 aromatic carbocycles. The number of nitrogens with one attached hydrogen (secondary N) is 1. The number of benzene rings is 3. The molecule has 0 saturated carbocycles. The first-order valence-corrected chi connectivity index (χ1v) is 16.2. The Hall–Kier alpha value is -4.54. The molecule has 0 aliphatic carbocycles. The van der Waals surface area contributed by atoms with Crippen LogP contribution in [-0.4, -0.2) is 43.1 Å². The van der Waals surface area contributed by atoms with Crippen LogP contribution in [-0.2, 0) is 17.9 Å². The number of aryl methyl sites for hydroxylation is 2. The molecule has 1 aliphatic rings. The maximum Gasteiger partial charge on any atom is 0.253 e. The van der Waals surface area contributed by atoms with E-state index in [4.69, 9.17) is 5.10 Å². The summed E-state index contributed by atoms with van der Waals surface area (Å²) in [6.45, 7) is 4.73. The van der Waals surface area contributed by atoms with Crippen molar-refractivity contribution >= 4 is 40.6 Å². The van der Waals surface area contributed by atoms with Crippen LogP contribution < -0.4 is 5.32 Å². The van der Waals surface area contributed by atoms with Crippen LogP contribution in [0.3, 0.4) is 0 Å². The number of rotatable bonds is 10. The first kappa shape index (κ1) is 29.5. The van der Waals surface area contributed by atoms with Gasteiger partial charge in [0.15, 0.2) is 11.0 Å². The number of thioether (sulfide) groups is 1. The molecule has 8 nitrogen and oxygen atoms in total. The van der Waals surface area contributed by atoms with Gasteiger partial charge in [-0.2, -0.15) is 5.10 Å². The zero-order valence-electron chi connectivity index (χ0n) is 24.5. The Labute approximate surface area is 264 Å². The third-order valence-corrected chi connectivity index (χ3v) is 9.29. The SMILES string of the molecule is Cc1ccc([C@H]2CC(c3cccs3)=NN2C(=O)CSc2nnc(CNC(=O)c3cccc(C)c3)n2Cc2ccccc2)cc1. The molecule has 222 valence electrons. The molecule has 6 rings (SSSR count). The van der Waals surface area contributed by atoms with Gasteiger partial charge in [-0.1, -0.05) is 95.7 Å². The van der Waals surface area contributed by atoms with Crippen molar-refractivity contribution in [3.05, 3.63) is 135 Å². The predicted octanol–water partition coefficient (Wildman–Crippen LogP) is 6.40. The van der Waals surface area contributed by atoms with Gasteiger partial charge in [-0.25, -0.2) is 5.01 Å². The van der Waals surface area contributed by atoms with Crippen molar-refractivity contribution in [1.82, 2.24) is 25.1 Å². The molecular weight excluding hydrogens is 589 g/mol. The fraction of sp³-hybridized carbons (Fsp3) is 0.206. The van der Waals surface area contributed by atoms with E-state index in [0.717, 1.165) is 27.3 Å². The second-order valence-corrected chi connectivity index (χ2v) is 12.6. The summed E-state index contributed by atoms with van der Waals surface area (Å²) in [5.74, 6) is 0.478. The number of carbonyl (C=O) groups is 2. The van der Waals surface area contributed by atoms with Crippen molar-refractivity contribution in [3.8, 4) is 0 Å². The van der Waals surface area contributed by atoms with Crippen molar-refractivity contribution in [1.29, 1.82) is 0 Å². The van der Waals surface area contributed by atoms with E-state index in [9.17, 15) is 9.59 Å². The minimum absolute atomic E-state index is 0.101. The number of hydrogen-bond acceptors (Lipinski definition) is 7. The fourth-order valence-electron chi connectivity index (χ4n) is 5.10. The number of hydrazone groups is 1. The Morgan fingerprint density at radius 2 is 1.75 bits per heavy atom. The summed E-state index contributed by atoms with van der Waals surface area (Å²) < 4.78 is 1.96. The number of amides is 2. The van der Waals surface area contributed by atoms with Crippen molar-refractivity contribution in [2.45, 2.75) is 44.6 Å². The number of hydrogen-bond donors (Lipinski definition) is 1. The average Bonchev–Trinajstić information content (AvgIpc) is 3.80. The monoisotopic (exact) mass is 620 g/mol. The highest BCUT2D eigenvalue weighted by Crippen LogP contribution is 2.35. The van der Waals surface area contributed by atoms with Crippen LogP contribution in [0, 0.1) is 13.8 Å². The molecule has 0 saturated heterocycles. The number of aromatic nitrogens is 3. The lowest BCUT2D eigenvalue weighted by Gasteiger charge is -2.22. The molecule has 0 bridgehead atoms. The number of carbonyl (C=O) groups excluding carboxylic acids is 2. The Morgan fingerprint density at radius 3 is 2.50 bits per heavy atom. The minimum atomic E-state index is -0.178. The van der Waals surface area contributed by atoms with Crippen LogP contribution in [0.2, 0.25) is 0 Å². The predicted molar refractivity (Wildman–Crippen MR) is 175 cm³/mol. The number of thiophene rings is 1. The van der Waals surface area contributed by atoms with Crippen LogP contribution in [0.4, 0.5) is 0 Å². The summed E-state index contributed by atoms with van der Waals surface area (Å²) in [7, 11) is 0. The lowest BCUT2D eigenvalue weighted by Crippen LogP contribution is -2.28. The van der Waals surface area contributed by atoms with Gasteiger partial charge in [0.1, 0.15) is 0 Å². The zero-order valence-corrected chi connectivity index (χ0v) is 26.1. The molecule has 0 fully saturated rings. The molecule has 1 N–H and O–H groups in total. The van der Waals surface area contributed by atoms with Crippen molar-refractivity contribution < 1.29 is 9.59 Å². The van der Waals surface area contributed by atoms with Gasteiger partial charge in [-0.3, -0.25) is 9.59 Å². The Bertz CT molecular complexity index is 1780. The van der Waals surface area contributed by atoms with Gasteiger partial charge >= 0.3 is 0 Å². The van der Waals surface area contributed by atoms with Crippen LogP contribution in [0.1, 0.15) is 55.8 Å². The third kappa shape index (κ3) is 6.82. The lowest BCUT2D eigenvalue weighted by atomic mass is 10.00. The maximum absolute atomic E-state index is 13.7. The molecule has 3 heterocycles. The van der Waals surface area contributed by atoms with Gasteiger partial charge in [0.25, 0.3) is 11.8 Å². The molecule has 2 aromatic heterocycles. The summed E-state index contributed by atoms with van der Waals surface area (Å²) >= 11 is 2.96. The highest BCUT2D eigenvalue weighted by atomic mass is 32.2. The molecule has 0 radical (unpaired) electrons. The van der Waals surface area contributed by atoms with Crippen molar-refractivity contribution in [2.75, 3.05) is 5.75 Å². The molecule has 44 heavy (non-hydrogen) atoms. The van der Waals surface area contributed by atoms with Gasteiger partial charge in [-0.15, -0.1) is 21.5 Å². The number of nitrogens with zero attached hydrogens (tertiary/aromatic N) is 5. The molecule has 5 aromatic rings. The second kappa shape index (κ2) is 13.4. The van der Waals surface area contributed by atoms with E-state index in [1.165, 1.54) is 17.3 Å². The first-order valence-electron chi connectivity index (χ1n) is 14.4. The highest BCUT2D eigenvalue weighted by Gasteiger charge is 2.33. The minimum Gasteiger partial charge on any atom is -0.345 e. The quantitative estimate of drug-likeness (QED) is 0.182. The van der Waals surface area contributed by atoms with Crippen LogP contribution in [0.15, 0.2) is 107 Å². The van der Waals surface area contributed by atoms with Gasteiger partial charge in [0, 0.05) is 12.0 Å². The first-order chi connectivity index (χ1) is 21.4. The molecule has 0 spiro atoms. The van der Waals surface area contributed by atoms with Crippen LogP contribution in [0.25, 0.3) is 0 Å². The van der Waals surface area contributed by atoms with Crippen LogP contribution >= 0.6 is 23.1 Å². The van der Waals surface area contributed by atoms with Crippen molar-refractivity contribution in [2.24, 2.45) is 5.10 Å². The van der Waals surface area contributed by atoms with E-state index in [-0.39, 0.29) is 30.2 Å². The molecular formula is C34H32N6O2S2. The van der Waals surface area contributed by atoms with Gasteiger partial charge in [-0.05, 0) is 48.6 Å². The molecule has 2 amide bonds. The lowest BCUT2D eigenvalue weighted by molar-refractivity contribution is -0.130. The maximum atomic E-state index is 13.7. The average molecular weight is 621 g/mol. The normalized spacial score (nSPS) is 14.5. The van der Waals surface area contributed by atoms with E-state index < -0.39 is 0 Å². The Kier molecular flexibility index (Phi) is 8.99. The molecule has 0 unspecified atom stereocenters. The molecule has 1 aliphatic heterocycles. The van der Waals surface area contributed by atoms with E-state index in [0.29, 0.717) is 29.5 Å². The van der Waals surface area contributed by atoms with Gasteiger partial charge < -0.3 is 9.88 Å². The summed E-state index contributed by atoms with van der Waals surface area (Å²) in [4.78, 5) is 27.7. The van der Waals surface area contributed by atoms with E-state index >= 15 is 0 Å². The Morgan fingerprint density at radius 1 is 0.932 bits per heavy atom. The van der Waals surface area contributed by atoms with Gasteiger partial charge in [0.05, 0.1) is 35.5 Å². The van der Waals surface area contributed by atoms with E-state index in [2.05, 4.69) is 46.7 Å². The summed E-state index contributed by atoms with van der Waals surface area (Å²) in [6.07, 6.45) is 0.662. The van der Waals surface area contributed by atoms with Crippen molar-refractivity contribution in [3.63, 3.8) is 0 Å². The third-order valence-electron chi connectivity index (χ3n) is 7.42. The summed E-state index contributed by atoms with van der Waals surface area (Å²) in [6, 6.07) is 29.6. The van der Waals surface area contributed by atoms with E-state index in [1.54, 1.807) is 22.4 Å². The van der Waals surface area contributed by atoms with E-state index in [1.807, 2.05) is 77.5 Å². The van der Waals surface area contributed by atoms with Crippen LogP contribution in [0.5, 0.6) is 0 Å². The summed E-state index contributed by atoms with van der Waals surface area (Å²) in [5, 5.41) is 20.9. The summed E-state index contributed by atoms with van der Waals surface area (Å²) in [5.41, 5.74) is 5.82. The largest absolute Gasteiger partial charge is 0.345 e. The second-order valence-electron chi connectivity index (χ2n) is 10.7. The molecule has 1 atom stereocenters.